The Morgan fingerprint density at radius 3 is 2.52 bits per heavy atom. The van der Waals surface area contributed by atoms with Crippen LogP contribution in [-0.2, 0) is 0 Å². The Hall–Kier alpha value is -2.50. The van der Waals surface area contributed by atoms with Gasteiger partial charge in [0.05, 0.1) is 11.4 Å². The fourth-order valence-electron chi connectivity index (χ4n) is 4.28. The smallest absolute Gasteiger partial charge is 0.329 e. The summed E-state index contributed by atoms with van der Waals surface area (Å²) in [5, 5.41) is 0. The number of rotatable bonds is 2. The lowest BCUT2D eigenvalue weighted by Crippen LogP contribution is -2.40. The van der Waals surface area contributed by atoms with Gasteiger partial charge in [-0.05, 0) is 55.2 Å². The summed E-state index contributed by atoms with van der Waals surface area (Å²) in [5.74, 6) is 1.29. The number of hydrogen-bond donors (Lipinski definition) is 1. The zero-order valence-electron chi connectivity index (χ0n) is 16.1. The number of carbonyl (C=O) groups excluding carboxylic acids is 1. The first-order chi connectivity index (χ1) is 13.1. The predicted molar refractivity (Wildman–Crippen MR) is 108 cm³/mol. The van der Waals surface area contributed by atoms with Gasteiger partial charge in [-0.3, -0.25) is 4.57 Å². The topological polar surface area (TPSA) is 67.4 Å². The molecule has 0 unspecified atom stereocenters. The molecule has 0 bridgehead atoms. The first-order valence-electron chi connectivity index (χ1n) is 10.0. The lowest BCUT2D eigenvalue weighted by molar-refractivity contribution is 0.183. The number of imidazole rings is 1. The summed E-state index contributed by atoms with van der Waals surface area (Å²) in [6, 6.07) is 6.55. The van der Waals surface area contributed by atoms with Crippen molar-refractivity contribution in [1.29, 1.82) is 0 Å². The van der Waals surface area contributed by atoms with Crippen LogP contribution in [0, 0.1) is 5.92 Å². The highest BCUT2D eigenvalue weighted by atomic mass is 16.2. The van der Waals surface area contributed by atoms with Gasteiger partial charge in [0, 0.05) is 38.6 Å². The van der Waals surface area contributed by atoms with Crippen molar-refractivity contribution in [1.82, 2.24) is 14.5 Å². The molecule has 4 rings (SSSR count). The Morgan fingerprint density at radius 2 is 1.85 bits per heavy atom. The number of aromatic nitrogens is 2. The number of nitrogens with two attached hydrogens (primary N) is 1. The van der Waals surface area contributed by atoms with Crippen LogP contribution in [0.5, 0.6) is 0 Å². The number of anilines is 2. The highest BCUT2D eigenvalue weighted by molar-refractivity contribution is 5.76. The predicted octanol–water partition coefficient (Wildman–Crippen LogP) is 3.55. The number of amides is 1. The summed E-state index contributed by atoms with van der Waals surface area (Å²) < 4.78 is 1.55. The second-order valence-electron chi connectivity index (χ2n) is 8.00. The second kappa shape index (κ2) is 7.62. The minimum atomic E-state index is 0.0198. The van der Waals surface area contributed by atoms with E-state index in [2.05, 4.69) is 35.0 Å². The van der Waals surface area contributed by atoms with Gasteiger partial charge in [0.15, 0.2) is 0 Å². The third kappa shape index (κ3) is 3.80. The Morgan fingerprint density at radius 1 is 1.11 bits per heavy atom. The Balaban J connectivity index is 1.42. The maximum absolute atomic E-state index is 12.5. The maximum Gasteiger partial charge on any atom is 0.329 e. The molecule has 6 nitrogen and oxygen atoms in total. The average molecular weight is 367 g/mol. The molecule has 0 aliphatic carbocycles. The SMILES string of the molecule is CC1CCN(c2cc(C3CCN(C(=O)n4ccnc4)CC3)ccc2N)CC1. The zero-order valence-corrected chi connectivity index (χ0v) is 16.1. The van der Waals surface area contributed by atoms with Crippen molar-refractivity contribution in [2.45, 2.75) is 38.5 Å². The number of carbonyl (C=O) groups is 1. The average Bonchev–Trinajstić information content (AvgIpc) is 3.24. The lowest BCUT2D eigenvalue weighted by atomic mass is 9.88. The maximum atomic E-state index is 12.5. The molecule has 0 spiro atoms. The highest BCUT2D eigenvalue weighted by Crippen LogP contribution is 2.35. The lowest BCUT2D eigenvalue weighted by Gasteiger charge is -2.35. The molecular weight excluding hydrogens is 338 g/mol. The van der Waals surface area contributed by atoms with E-state index < -0.39 is 0 Å². The van der Waals surface area contributed by atoms with Crippen LogP contribution in [0.15, 0.2) is 36.9 Å². The van der Waals surface area contributed by atoms with Crippen molar-refractivity contribution >= 4 is 17.4 Å². The Bertz CT molecular complexity index is 772. The molecule has 2 aromatic rings. The largest absolute Gasteiger partial charge is 0.397 e. The van der Waals surface area contributed by atoms with Crippen LogP contribution in [0.25, 0.3) is 0 Å². The van der Waals surface area contributed by atoms with Gasteiger partial charge in [-0.2, -0.15) is 0 Å². The molecule has 1 aromatic heterocycles. The first-order valence-corrected chi connectivity index (χ1v) is 10.0. The summed E-state index contributed by atoms with van der Waals surface area (Å²) in [7, 11) is 0. The molecule has 144 valence electrons. The van der Waals surface area contributed by atoms with E-state index >= 15 is 0 Å². The molecule has 2 aliphatic heterocycles. The van der Waals surface area contributed by atoms with E-state index in [1.807, 2.05) is 4.90 Å². The summed E-state index contributed by atoms with van der Waals surface area (Å²) >= 11 is 0. The van der Waals surface area contributed by atoms with Crippen LogP contribution < -0.4 is 10.6 Å². The highest BCUT2D eigenvalue weighted by Gasteiger charge is 2.26. The van der Waals surface area contributed by atoms with Gasteiger partial charge in [0.2, 0.25) is 0 Å². The van der Waals surface area contributed by atoms with E-state index in [9.17, 15) is 4.79 Å². The van der Waals surface area contributed by atoms with E-state index in [1.54, 1.807) is 23.3 Å². The minimum Gasteiger partial charge on any atom is -0.397 e. The molecule has 1 amide bonds. The van der Waals surface area contributed by atoms with Gasteiger partial charge in [0.1, 0.15) is 6.33 Å². The van der Waals surface area contributed by atoms with Gasteiger partial charge >= 0.3 is 6.03 Å². The van der Waals surface area contributed by atoms with Crippen LogP contribution in [0.1, 0.15) is 44.1 Å². The fraction of sp³-hybridized carbons (Fsp3) is 0.524. The van der Waals surface area contributed by atoms with E-state index in [4.69, 9.17) is 5.73 Å². The first kappa shape index (κ1) is 17.9. The Kier molecular flexibility index (Phi) is 5.05. The van der Waals surface area contributed by atoms with Gasteiger partial charge in [0.25, 0.3) is 0 Å². The van der Waals surface area contributed by atoms with Crippen molar-refractivity contribution in [2.75, 3.05) is 36.8 Å². The van der Waals surface area contributed by atoms with Crippen LogP contribution >= 0.6 is 0 Å². The van der Waals surface area contributed by atoms with Crippen molar-refractivity contribution in [3.63, 3.8) is 0 Å². The Labute approximate surface area is 161 Å². The summed E-state index contributed by atoms with van der Waals surface area (Å²) in [5.41, 5.74) is 9.72. The molecule has 27 heavy (non-hydrogen) atoms. The normalized spacial score (nSPS) is 19.4. The molecule has 2 N–H and O–H groups in total. The quantitative estimate of drug-likeness (QED) is 0.824. The molecule has 2 fully saturated rings. The molecule has 1 aromatic carbocycles. The fourth-order valence-corrected chi connectivity index (χ4v) is 4.28. The van der Waals surface area contributed by atoms with Crippen LogP contribution in [0.4, 0.5) is 16.2 Å². The molecular formula is C21H29N5O. The van der Waals surface area contributed by atoms with Crippen LogP contribution in [0.2, 0.25) is 0 Å². The standard InChI is InChI=1S/C21H29N5O/c1-16-4-9-24(10-5-16)20-14-18(2-3-19(20)22)17-6-11-25(12-7-17)21(27)26-13-8-23-15-26/h2-3,8,13-17H,4-7,9-12,22H2,1H3. The monoisotopic (exact) mass is 367 g/mol. The van der Waals surface area contributed by atoms with Gasteiger partial charge in [-0.15, -0.1) is 0 Å². The number of nitrogen functional groups attached to an aromatic ring is 1. The molecule has 2 saturated heterocycles. The number of piperidine rings is 2. The molecule has 0 radical (unpaired) electrons. The molecule has 6 heteroatoms. The van der Waals surface area contributed by atoms with E-state index in [0.29, 0.717) is 5.92 Å². The minimum absolute atomic E-state index is 0.0198. The van der Waals surface area contributed by atoms with Gasteiger partial charge in [-0.1, -0.05) is 13.0 Å². The van der Waals surface area contributed by atoms with Crippen molar-refractivity contribution in [2.24, 2.45) is 5.92 Å². The van der Waals surface area contributed by atoms with Crippen LogP contribution in [-0.4, -0.2) is 46.7 Å². The van der Waals surface area contributed by atoms with E-state index in [1.165, 1.54) is 24.1 Å². The van der Waals surface area contributed by atoms with E-state index in [0.717, 1.165) is 50.6 Å². The third-order valence-electron chi connectivity index (χ3n) is 6.14. The van der Waals surface area contributed by atoms with Crippen molar-refractivity contribution in [3.05, 3.63) is 42.5 Å². The van der Waals surface area contributed by atoms with Crippen molar-refractivity contribution in [3.8, 4) is 0 Å². The molecule has 0 saturated carbocycles. The molecule has 0 atom stereocenters. The van der Waals surface area contributed by atoms with E-state index in [-0.39, 0.29) is 6.03 Å². The molecule has 2 aliphatic rings. The summed E-state index contributed by atoms with van der Waals surface area (Å²) in [6.45, 7) is 6.07. The summed E-state index contributed by atoms with van der Waals surface area (Å²) in [4.78, 5) is 20.8. The number of nitrogens with zero attached hydrogens (tertiary/aromatic N) is 4. The molecule has 3 heterocycles. The third-order valence-corrected chi connectivity index (χ3v) is 6.14. The van der Waals surface area contributed by atoms with Crippen LogP contribution in [0.3, 0.4) is 0 Å². The van der Waals surface area contributed by atoms with Crippen molar-refractivity contribution < 1.29 is 4.79 Å². The zero-order chi connectivity index (χ0) is 18.8. The van der Waals surface area contributed by atoms with Gasteiger partial charge < -0.3 is 15.5 Å². The number of hydrogen-bond acceptors (Lipinski definition) is 4. The van der Waals surface area contributed by atoms with Gasteiger partial charge in [-0.25, -0.2) is 9.78 Å². The number of likely N-dealkylation sites (tertiary alicyclic amines) is 1. The summed E-state index contributed by atoms with van der Waals surface area (Å²) in [6.07, 6.45) is 9.36. The second-order valence-corrected chi connectivity index (χ2v) is 8.00. The number of benzene rings is 1.